The molecule has 0 aliphatic heterocycles. The van der Waals surface area contributed by atoms with Gasteiger partial charge in [0.2, 0.25) is 5.91 Å². The molecule has 8 nitrogen and oxygen atoms in total. The van der Waals surface area contributed by atoms with E-state index < -0.39 is 6.03 Å². The van der Waals surface area contributed by atoms with Crippen molar-refractivity contribution in [1.29, 1.82) is 0 Å². The number of nitrogens with one attached hydrogen (secondary N) is 2. The van der Waals surface area contributed by atoms with Crippen LogP contribution < -0.4 is 16.4 Å². The number of urea groups is 1. The summed E-state index contributed by atoms with van der Waals surface area (Å²) in [6, 6.07) is -0.376. The van der Waals surface area contributed by atoms with Gasteiger partial charge in [0.05, 0.1) is 12.3 Å². The summed E-state index contributed by atoms with van der Waals surface area (Å²) < 4.78 is 1.88. The third-order valence-corrected chi connectivity index (χ3v) is 3.38. The zero-order chi connectivity index (χ0) is 16.0. The molecule has 0 aliphatic carbocycles. The monoisotopic (exact) mass is 314 g/mol. The summed E-state index contributed by atoms with van der Waals surface area (Å²) in [6.07, 6.45) is 0. The van der Waals surface area contributed by atoms with Crippen LogP contribution >= 0.6 is 11.8 Å². The third kappa shape index (κ3) is 5.35. The van der Waals surface area contributed by atoms with Crippen molar-refractivity contribution in [3.8, 4) is 0 Å². The predicted octanol–water partition coefficient (Wildman–Crippen LogP) is 0.644. The molecular weight excluding hydrogens is 292 g/mol. The van der Waals surface area contributed by atoms with Crippen molar-refractivity contribution in [2.75, 3.05) is 5.75 Å². The highest BCUT2D eigenvalue weighted by atomic mass is 32.2. The lowest BCUT2D eigenvalue weighted by Crippen LogP contribution is -2.43. The minimum absolute atomic E-state index is 0.0263. The van der Waals surface area contributed by atoms with Crippen LogP contribution in [0.25, 0.3) is 0 Å². The number of carbonyl (C=O) groups is 2. The van der Waals surface area contributed by atoms with Crippen LogP contribution in [-0.2, 0) is 11.3 Å². The fourth-order valence-electron chi connectivity index (χ4n) is 1.65. The molecule has 0 fully saturated rings. The topological polar surface area (TPSA) is 115 Å². The summed E-state index contributed by atoms with van der Waals surface area (Å²) in [5.41, 5.74) is 5.61. The van der Waals surface area contributed by atoms with E-state index >= 15 is 0 Å². The van der Waals surface area contributed by atoms with E-state index in [0.29, 0.717) is 11.0 Å². The van der Waals surface area contributed by atoms with Crippen molar-refractivity contribution in [2.24, 2.45) is 5.73 Å². The maximum atomic E-state index is 11.7. The summed E-state index contributed by atoms with van der Waals surface area (Å²) in [6.45, 7) is 7.90. The lowest BCUT2D eigenvalue weighted by atomic mass is 10.4. The maximum absolute atomic E-state index is 11.7. The first-order chi connectivity index (χ1) is 9.85. The number of nitrogens with two attached hydrogens (primary N) is 1. The van der Waals surface area contributed by atoms with Crippen LogP contribution in [0.1, 0.15) is 39.6 Å². The first-order valence-electron chi connectivity index (χ1n) is 6.72. The van der Waals surface area contributed by atoms with Gasteiger partial charge in [0.25, 0.3) is 0 Å². The van der Waals surface area contributed by atoms with Crippen LogP contribution in [0.15, 0.2) is 5.16 Å². The number of amides is 3. The van der Waals surface area contributed by atoms with Crippen LogP contribution in [-0.4, -0.2) is 38.5 Å². The molecule has 21 heavy (non-hydrogen) atoms. The van der Waals surface area contributed by atoms with E-state index in [-0.39, 0.29) is 30.3 Å². The molecule has 0 atom stereocenters. The van der Waals surface area contributed by atoms with Crippen molar-refractivity contribution in [3.05, 3.63) is 5.82 Å². The Morgan fingerprint density at radius 2 is 1.95 bits per heavy atom. The quantitative estimate of drug-likeness (QED) is 0.664. The Hall–Kier alpha value is -1.61. The second kappa shape index (κ2) is 7.99. The molecule has 118 valence electrons. The molecule has 1 aromatic rings. The van der Waals surface area contributed by atoms with Crippen molar-refractivity contribution in [2.45, 2.75) is 51.5 Å². The van der Waals surface area contributed by atoms with Gasteiger partial charge in [-0.15, -0.1) is 10.2 Å². The molecule has 0 saturated carbocycles. The number of aromatic nitrogens is 3. The lowest BCUT2D eigenvalue weighted by molar-refractivity contribution is -0.117. The van der Waals surface area contributed by atoms with Crippen LogP contribution in [0.5, 0.6) is 0 Å². The standard InChI is InChI=1S/C12H22N6O2S/c1-7(2)14-11(20)15-10(19)6-21-12-17-16-9(5-13)18(12)8(3)4/h7-8H,5-6,13H2,1-4H3,(H2,14,15,19,20). The van der Waals surface area contributed by atoms with Gasteiger partial charge in [-0.1, -0.05) is 11.8 Å². The summed E-state index contributed by atoms with van der Waals surface area (Å²) in [5, 5.41) is 13.5. The Labute approximate surface area is 128 Å². The summed E-state index contributed by atoms with van der Waals surface area (Å²) in [5.74, 6) is 0.372. The maximum Gasteiger partial charge on any atom is 0.321 e. The third-order valence-electron chi connectivity index (χ3n) is 2.44. The van der Waals surface area contributed by atoms with Crippen molar-refractivity contribution in [3.63, 3.8) is 0 Å². The molecule has 1 aromatic heterocycles. The molecule has 4 N–H and O–H groups in total. The average Bonchev–Trinajstić information content (AvgIpc) is 2.78. The Morgan fingerprint density at radius 1 is 1.29 bits per heavy atom. The zero-order valence-electron chi connectivity index (χ0n) is 12.7. The van der Waals surface area contributed by atoms with Crippen molar-refractivity contribution >= 4 is 23.7 Å². The molecule has 1 heterocycles. The highest BCUT2D eigenvalue weighted by Gasteiger charge is 2.16. The SMILES string of the molecule is CC(C)NC(=O)NC(=O)CSc1nnc(CN)n1C(C)C. The Morgan fingerprint density at radius 3 is 2.48 bits per heavy atom. The van der Waals surface area contributed by atoms with Gasteiger partial charge < -0.3 is 15.6 Å². The van der Waals surface area contributed by atoms with Gasteiger partial charge in [-0.3, -0.25) is 10.1 Å². The van der Waals surface area contributed by atoms with Gasteiger partial charge in [-0.2, -0.15) is 0 Å². The van der Waals surface area contributed by atoms with Crippen molar-refractivity contribution < 1.29 is 9.59 Å². The van der Waals surface area contributed by atoms with Gasteiger partial charge in [0.15, 0.2) is 5.16 Å². The second-order valence-corrected chi connectivity index (χ2v) is 5.97. The number of hydrogen-bond acceptors (Lipinski definition) is 6. The van der Waals surface area contributed by atoms with E-state index in [1.165, 1.54) is 11.8 Å². The average molecular weight is 314 g/mol. The number of hydrogen-bond donors (Lipinski definition) is 3. The molecule has 0 spiro atoms. The minimum Gasteiger partial charge on any atom is -0.336 e. The molecule has 0 aliphatic rings. The van der Waals surface area contributed by atoms with Crippen molar-refractivity contribution in [1.82, 2.24) is 25.4 Å². The normalized spacial score (nSPS) is 11.0. The lowest BCUT2D eigenvalue weighted by Gasteiger charge is -2.13. The van der Waals surface area contributed by atoms with Gasteiger partial charge in [0, 0.05) is 12.1 Å². The number of nitrogens with zero attached hydrogens (tertiary/aromatic N) is 3. The smallest absolute Gasteiger partial charge is 0.321 e. The molecule has 0 radical (unpaired) electrons. The highest BCUT2D eigenvalue weighted by molar-refractivity contribution is 7.99. The first-order valence-corrected chi connectivity index (χ1v) is 7.70. The number of rotatable bonds is 6. The summed E-state index contributed by atoms with van der Waals surface area (Å²) >= 11 is 1.22. The Kier molecular flexibility index (Phi) is 6.63. The molecule has 1 rings (SSSR count). The molecule has 9 heteroatoms. The largest absolute Gasteiger partial charge is 0.336 e. The number of imide groups is 1. The van der Waals surface area contributed by atoms with E-state index in [0.717, 1.165) is 0 Å². The van der Waals surface area contributed by atoms with E-state index in [2.05, 4.69) is 20.8 Å². The van der Waals surface area contributed by atoms with Crippen LogP contribution in [0.2, 0.25) is 0 Å². The molecule has 3 amide bonds. The van der Waals surface area contributed by atoms with E-state index in [1.807, 2.05) is 32.3 Å². The first kappa shape index (κ1) is 17.4. The van der Waals surface area contributed by atoms with Crippen LogP contribution in [0, 0.1) is 0 Å². The molecule has 0 aromatic carbocycles. The minimum atomic E-state index is -0.497. The number of thioether (sulfide) groups is 1. The molecule has 0 unspecified atom stereocenters. The van der Waals surface area contributed by atoms with Crippen LogP contribution in [0.4, 0.5) is 4.79 Å². The zero-order valence-corrected chi connectivity index (χ0v) is 13.5. The van der Waals surface area contributed by atoms with E-state index in [9.17, 15) is 9.59 Å². The highest BCUT2D eigenvalue weighted by Crippen LogP contribution is 2.21. The van der Waals surface area contributed by atoms with Crippen LogP contribution in [0.3, 0.4) is 0 Å². The molecule has 0 saturated heterocycles. The molecular formula is C12H22N6O2S. The van der Waals surface area contributed by atoms with E-state index in [4.69, 9.17) is 5.73 Å². The van der Waals surface area contributed by atoms with Gasteiger partial charge >= 0.3 is 6.03 Å². The summed E-state index contributed by atoms with van der Waals surface area (Å²) in [4.78, 5) is 23.1. The van der Waals surface area contributed by atoms with Gasteiger partial charge in [-0.05, 0) is 27.7 Å². The molecule has 0 bridgehead atoms. The Bertz CT molecular complexity index is 500. The second-order valence-electron chi connectivity index (χ2n) is 5.03. The van der Waals surface area contributed by atoms with Gasteiger partial charge in [-0.25, -0.2) is 4.79 Å². The fourth-order valence-corrected chi connectivity index (χ4v) is 2.54. The van der Waals surface area contributed by atoms with Gasteiger partial charge in [0.1, 0.15) is 5.82 Å². The predicted molar refractivity (Wildman–Crippen MR) is 80.8 cm³/mol. The van der Waals surface area contributed by atoms with E-state index in [1.54, 1.807) is 0 Å². The summed E-state index contributed by atoms with van der Waals surface area (Å²) in [7, 11) is 0. The fraction of sp³-hybridized carbons (Fsp3) is 0.667. The number of carbonyl (C=O) groups excluding carboxylic acids is 2. The Balaban J connectivity index is 2.57.